The van der Waals surface area contributed by atoms with Gasteiger partial charge in [0.25, 0.3) is 5.91 Å². The van der Waals surface area contributed by atoms with E-state index < -0.39 is 17.6 Å². The highest BCUT2D eigenvalue weighted by Gasteiger charge is 2.33. The number of nitrogens with two attached hydrogens (primary N) is 1. The van der Waals surface area contributed by atoms with E-state index in [1.54, 1.807) is 12.3 Å². The molecular formula is C18H15F3N6O. The standard InChI is InChI=1S/C18H15F3N6O/c1-2-13-16(27-9-5-8-24-27)26-15(22)14(25-13)17(28)23-10-11-6-3-4-7-12(11)18(19,20)21/h2-9H,1,10H2,(H2,22,26)(H,23,28). The molecule has 0 radical (unpaired) electrons. The van der Waals surface area contributed by atoms with Crippen LogP contribution in [0.25, 0.3) is 11.9 Å². The third-order valence-electron chi connectivity index (χ3n) is 3.82. The number of aromatic nitrogens is 4. The smallest absolute Gasteiger partial charge is 0.382 e. The molecule has 0 aliphatic rings. The van der Waals surface area contributed by atoms with Gasteiger partial charge in [-0.05, 0) is 23.8 Å². The second kappa shape index (κ2) is 7.51. The van der Waals surface area contributed by atoms with Gasteiger partial charge < -0.3 is 11.1 Å². The van der Waals surface area contributed by atoms with Crippen molar-refractivity contribution in [2.24, 2.45) is 0 Å². The number of carbonyl (C=O) groups excluding carboxylic acids is 1. The van der Waals surface area contributed by atoms with Crippen LogP contribution >= 0.6 is 0 Å². The molecule has 0 bridgehead atoms. The zero-order chi connectivity index (χ0) is 20.3. The summed E-state index contributed by atoms with van der Waals surface area (Å²) < 4.78 is 40.6. The second-order valence-corrected chi connectivity index (χ2v) is 5.66. The van der Waals surface area contributed by atoms with Crippen LogP contribution in [0.15, 0.2) is 49.3 Å². The van der Waals surface area contributed by atoms with Gasteiger partial charge in [-0.2, -0.15) is 18.3 Å². The third kappa shape index (κ3) is 3.85. The Balaban J connectivity index is 1.85. The van der Waals surface area contributed by atoms with Gasteiger partial charge >= 0.3 is 6.18 Å². The Bertz CT molecular complexity index is 1010. The van der Waals surface area contributed by atoms with Gasteiger partial charge in [-0.15, -0.1) is 0 Å². The predicted octanol–water partition coefficient (Wildman–Crippen LogP) is 2.84. The maximum atomic E-state index is 13.1. The van der Waals surface area contributed by atoms with Crippen LogP contribution in [0.1, 0.15) is 27.3 Å². The van der Waals surface area contributed by atoms with Crippen molar-refractivity contribution < 1.29 is 18.0 Å². The molecule has 0 aliphatic carbocycles. The van der Waals surface area contributed by atoms with Gasteiger partial charge in [-0.25, -0.2) is 14.6 Å². The number of hydrogen-bond donors (Lipinski definition) is 2. The summed E-state index contributed by atoms with van der Waals surface area (Å²) in [7, 11) is 0. The highest BCUT2D eigenvalue weighted by atomic mass is 19.4. The van der Waals surface area contributed by atoms with Crippen LogP contribution < -0.4 is 11.1 Å². The quantitative estimate of drug-likeness (QED) is 0.700. The number of anilines is 1. The summed E-state index contributed by atoms with van der Waals surface area (Å²) in [4.78, 5) is 20.7. The maximum absolute atomic E-state index is 13.1. The Morgan fingerprint density at radius 2 is 2.00 bits per heavy atom. The minimum atomic E-state index is -4.53. The van der Waals surface area contributed by atoms with Crippen molar-refractivity contribution in [3.8, 4) is 5.82 Å². The van der Waals surface area contributed by atoms with E-state index in [9.17, 15) is 18.0 Å². The van der Waals surface area contributed by atoms with E-state index in [4.69, 9.17) is 5.73 Å². The lowest BCUT2D eigenvalue weighted by molar-refractivity contribution is -0.138. The first-order valence-corrected chi connectivity index (χ1v) is 8.04. The van der Waals surface area contributed by atoms with Crippen LogP contribution in [0.4, 0.5) is 19.0 Å². The lowest BCUT2D eigenvalue weighted by atomic mass is 10.1. The van der Waals surface area contributed by atoms with Gasteiger partial charge in [-0.1, -0.05) is 24.8 Å². The molecule has 3 N–H and O–H groups in total. The van der Waals surface area contributed by atoms with E-state index in [-0.39, 0.29) is 35.1 Å². The number of nitrogens with one attached hydrogen (secondary N) is 1. The highest BCUT2D eigenvalue weighted by molar-refractivity contribution is 5.96. The van der Waals surface area contributed by atoms with Crippen molar-refractivity contribution in [2.45, 2.75) is 12.7 Å². The number of amides is 1. The van der Waals surface area contributed by atoms with Crippen molar-refractivity contribution in [1.29, 1.82) is 0 Å². The lowest BCUT2D eigenvalue weighted by Gasteiger charge is -2.14. The molecular weight excluding hydrogens is 373 g/mol. The molecule has 2 aromatic heterocycles. The minimum Gasteiger partial charge on any atom is -0.382 e. The van der Waals surface area contributed by atoms with E-state index in [2.05, 4.69) is 27.0 Å². The predicted molar refractivity (Wildman–Crippen MR) is 96.3 cm³/mol. The number of alkyl halides is 3. The molecule has 2 heterocycles. The Kier molecular flexibility index (Phi) is 5.12. The van der Waals surface area contributed by atoms with Crippen molar-refractivity contribution in [3.05, 3.63) is 71.8 Å². The molecule has 3 aromatic rings. The van der Waals surface area contributed by atoms with Gasteiger partial charge in [0.15, 0.2) is 17.3 Å². The molecule has 0 atom stereocenters. The zero-order valence-electron chi connectivity index (χ0n) is 14.4. The molecule has 0 saturated carbocycles. The Hall–Kier alpha value is -3.69. The average Bonchev–Trinajstić information content (AvgIpc) is 3.20. The van der Waals surface area contributed by atoms with Gasteiger partial charge in [0.1, 0.15) is 5.69 Å². The summed E-state index contributed by atoms with van der Waals surface area (Å²) in [6.45, 7) is 3.28. The molecule has 0 aliphatic heterocycles. The fourth-order valence-electron chi connectivity index (χ4n) is 2.53. The number of hydrogen-bond acceptors (Lipinski definition) is 5. The molecule has 10 heteroatoms. The summed E-state index contributed by atoms with van der Waals surface area (Å²) in [6.07, 6.45) is -0.00547. The maximum Gasteiger partial charge on any atom is 0.416 e. The molecule has 0 spiro atoms. The number of halogens is 3. The third-order valence-corrected chi connectivity index (χ3v) is 3.82. The molecule has 3 rings (SSSR count). The van der Waals surface area contributed by atoms with Crippen molar-refractivity contribution in [3.63, 3.8) is 0 Å². The first kappa shape index (κ1) is 19.1. The van der Waals surface area contributed by atoms with Crippen molar-refractivity contribution in [2.75, 3.05) is 5.73 Å². The molecule has 0 fully saturated rings. The van der Waals surface area contributed by atoms with E-state index in [0.29, 0.717) is 0 Å². The fourth-order valence-corrected chi connectivity index (χ4v) is 2.53. The Labute approximate surface area is 157 Å². The second-order valence-electron chi connectivity index (χ2n) is 5.66. The van der Waals surface area contributed by atoms with Crippen LogP contribution in [0.3, 0.4) is 0 Å². The summed E-state index contributed by atoms with van der Waals surface area (Å²) in [5, 5.41) is 6.42. The van der Waals surface area contributed by atoms with E-state index in [1.165, 1.54) is 35.2 Å². The van der Waals surface area contributed by atoms with Crippen LogP contribution in [-0.4, -0.2) is 25.7 Å². The fraction of sp³-hybridized carbons (Fsp3) is 0.111. The van der Waals surface area contributed by atoms with Crippen molar-refractivity contribution >= 4 is 17.8 Å². The average molecular weight is 388 g/mol. The molecule has 0 saturated heterocycles. The minimum absolute atomic E-state index is 0.0769. The Morgan fingerprint density at radius 1 is 1.25 bits per heavy atom. The normalized spacial score (nSPS) is 11.2. The van der Waals surface area contributed by atoms with Crippen LogP contribution in [0.2, 0.25) is 0 Å². The largest absolute Gasteiger partial charge is 0.416 e. The van der Waals surface area contributed by atoms with Gasteiger partial charge in [-0.3, -0.25) is 4.79 Å². The first-order chi connectivity index (χ1) is 13.3. The molecule has 144 valence electrons. The van der Waals surface area contributed by atoms with Crippen LogP contribution in [-0.2, 0) is 12.7 Å². The topological polar surface area (TPSA) is 98.7 Å². The summed E-state index contributed by atoms with van der Waals surface area (Å²) in [6, 6.07) is 6.64. The Morgan fingerprint density at radius 3 is 2.64 bits per heavy atom. The van der Waals surface area contributed by atoms with E-state index >= 15 is 0 Å². The molecule has 1 amide bonds. The van der Waals surface area contributed by atoms with Gasteiger partial charge in [0, 0.05) is 18.9 Å². The monoisotopic (exact) mass is 388 g/mol. The van der Waals surface area contributed by atoms with Crippen molar-refractivity contribution in [1.82, 2.24) is 25.1 Å². The summed E-state index contributed by atoms with van der Waals surface area (Å²) in [5.41, 5.74) is 4.97. The van der Waals surface area contributed by atoms with Crippen LogP contribution in [0.5, 0.6) is 0 Å². The van der Waals surface area contributed by atoms with Gasteiger partial charge in [0.2, 0.25) is 0 Å². The number of rotatable bonds is 5. The number of nitrogens with zero attached hydrogens (tertiary/aromatic N) is 4. The highest BCUT2D eigenvalue weighted by Crippen LogP contribution is 2.31. The van der Waals surface area contributed by atoms with Gasteiger partial charge in [0.05, 0.1) is 5.56 Å². The molecule has 1 aromatic carbocycles. The molecule has 28 heavy (non-hydrogen) atoms. The number of nitrogen functional groups attached to an aromatic ring is 1. The SMILES string of the molecule is C=Cc1nc(C(=O)NCc2ccccc2C(F)(F)F)c(N)nc1-n1cccn1. The summed E-state index contributed by atoms with van der Waals surface area (Å²) in [5.74, 6) is -0.661. The van der Waals surface area contributed by atoms with E-state index in [1.807, 2.05) is 0 Å². The first-order valence-electron chi connectivity index (χ1n) is 8.04. The number of benzene rings is 1. The number of carbonyl (C=O) groups is 1. The lowest BCUT2D eigenvalue weighted by Crippen LogP contribution is -2.27. The summed E-state index contributed by atoms with van der Waals surface area (Å²) >= 11 is 0. The molecule has 7 nitrogen and oxygen atoms in total. The zero-order valence-corrected chi connectivity index (χ0v) is 14.4. The van der Waals surface area contributed by atoms with E-state index in [0.717, 1.165) is 6.07 Å². The molecule has 0 unspecified atom stereocenters. The van der Waals surface area contributed by atoms with Crippen LogP contribution in [0, 0.1) is 0 Å².